The quantitative estimate of drug-likeness (QED) is 0.195. The van der Waals surface area contributed by atoms with Crippen LogP contribution in [0.25, 0.3) is 0 Å². The van der Waals surface area contributed by atoms with E-state index in [1.807, 2.05) is 6.07 Å². The van der Waals surface area contributed by atoms with Crippen molar-refractivity contribution in [3.8, 4) is 28.7 Å². The second-order valence-electron chi connectivity index (χ2n) is 7.31. The van der Waals surface area contributed by atoms with Crippen LogP contribution in [0.5, 0.6) is 28.7 Å². The van der Waals surface area contributed by atoms with Gasteiger partial charge in [-0.25, -0.2) is 0 Å². The molecule has 1 heterocycles. The molecule has 1 aliphatic rings. The molecule has 0 spiro atoms. The van der Waals surface area contributed by atoms with Crippen LogP contribution in [0, 0.1) is 0 Å². The first-order chi connectivity index (χ1) is 16.9. The molecule has 0 bridgehead atoms. The number of carboxylic acid groups (broad SMARTS) is 1. The number of methoxy groups -OCH3 is 4. The van der Waals surface area contributed by atoms with Gasteiger partial charge in [-0.15, -0.1) is 0 Å². The summed E-state index contributed by atoms with van der Waals surface area (Å²) in [6, 6.07) is 8.78. The summed E-state index contributed by atoms with van der Waals surface area (Å²) in [5.74, 6) is 0.0748. The van der Waals surface area contributed by atoms with Gasteiger partial charge >= 0.3 is 35.5 Å². The molecule has 2 unspecified atom stereocenters. The Morgan fingerprint density at radius 1 is 0.833 bits per heavy atom. The van der Waals surface area contributed by atoms with Gasteiger partial charge < -0.3 is 47.8 Å². The summed E-state index contributed by atoms with van der Waals surface area (Å²) in [7, 11) is 6.06. The molecule has 0 radical (unpaired) electrons. The fourth-order valence-electron chi connectivity index (χ4n) is 3.59. The molecule has 1 aliphatic heterocycles. The minimum absolute atomic E-state index is 0. The van der Waals surface area contributed by atoms with E-state index in [4.69, 9.17) is 37.9 Å². The Balaban J connectivity index is 0.00000456. The second kappa shape index (κ2) is 14.1. The maximum atomic E-state index is 11.6. The predicted octanol–water partition coefficient (Wildman–Crippen LogP) is -1.08. The van der Waals surface area contributed by atoms with Crippen LogP contribution in [0.15, 0.2) is 30.3 Å². The minimum atomic E-state index is -1.34. The van der Waals surface area contributed by atoms with E-state index in [9.17, 15) is 14.7 Å². The van der Waals surface area contributed by atoms with Crippen LogP contribution in [-0.4, -0.2) is 54.0 Å². The number of ether oxygens (including phenoxy) is 8. The fourth-order valence-corrected chi connectivity index (χ4v) is 3.59. The van der Waals surface area contributed by atoms with Crippen LogP contribution in [0.4, 0.5) is 0 Å². The summed E-state index contributed by atoms with van der Waals surface area (Å²) < 4.78 is 43.8. The van der Waals surface area contributed by atoms with E-state index in [2.05, 4.69) is 0 Å². The molecule has 190 valence electrons. The third-order valence-corrected chi connectivity index (χ3v) is 5.27. The molecule has 0 amide bonds. The first-order valence-electron chi connectivity index (χ1n) is 10.6. The maximum Gasteiger partial charge on any atom is 1.00 e. The van der Waals surface area contributed by atoms with Gasteiger partial charge in [-0.1, -0.05) is 6.07 Å². The van der Waals surface area contributed by atoms with Crippen LogP contribution in [0.1, 0.15) is 36.2 Å². The van der Waals surface area contributed by atoms with Gasteiger partial charge in [0, 0.05) is 5.97 Å². The summed E-state index contributed by atoms with van der Waals surface area (Å²) in [5, 5.41) is 10.5. The number of rotatable bonds is 12. The standard InChI is InChI=1S/C24H28O11.Na/c1-28-16-6-5-14(9-17(16)32-12-33-21(27)8-7-20(25)26)22-23(35-13-34-22)15-10-18(29-2)24(31-4)19(11-15)30-3;/h5-6,9-11,22-23H,7-8,12-13H2,1-4H3,(H,25,26);/q;+1/p-1. The van der Waals surface area contributed by atoms with E-state index < -0.39 is 37.4 Å². The van der Waals surface area contributed by atoms with Crippen molar-refractivity contribution in [2.45, 2.75) is 25.0 Å². The zero-order valence-electron chi connectivity index (χ0n) is 20.9. The van der Waals surface area contributed by atoms with E-state index in [0.29, 0.717) is 28.7 Å². The molecule has 1 fully saturated rings. The van der Waals surface area contributed by atoms with Gasteiger partial charge in [-0.05, 0) is 41.8 Å². The van der Waals surface area contributed by atoms with E-state index in [1.165, 1.54) is 28.4 Å². The Morgan fingerprint density at radius 3 is 1.97 bits per heavy atom. The van der Waals surface area contributed by atoms with E-state index in [1.54, 1.807) is 24.3 Å². The number of hydrogen-bond acceptors (Lipinski definition) is 11. The predicted molar refractivity (Wildman–Crippen MR) is 117 cm³/mol. The van der Waals surface area contributed by atoms with Gasteiger partial charge in [0.2, 0.25) is 12.5 Å². The number of carbonyl (C=O) groups excluding carboxylic acids is 2. The van der Waals surface area contributed by atoms with Gasteiger partial charge in [-0.3, -0.25) is 4.79 Å². The number of hydrogen-bond donors (Lipinski definition) is 0. The summed E-state index contributed by atoms with van der Waals surface area (Å²) in [6.45, 7) is -0.367. The van der Waals surface area contributed by atoms with Crippen molar-refractivity contribution in [1.29, 1.82) is 0 Å². The van der Waals surface area contributed by atoms with Crippen molar-refractivity contribution in [3.05, 3.63) is 41.5 Å². The molecule has 0 N–H and O–H groups in total. The van der Waals surface area contributed by atoms with Gasteiger partial charge in [-0.2, -0.15) is 0 Å². The molecule has 1 saturated heterocycles. The molecule has 11 nitrogen and oxygen atoms in total. The topological polar surface area (TPSA) is 131 Å². The van der Waals surface area contributed by atoms with Gasteiger partial charge in [0.25, 0.3) is 0 Å². The second-order valence-corrected chi connectivity index (χ2v) is 7.31. The fraction of sp³-hybridized carbons (Fsp3) is 0.417. The average molecular weight is 514 g/mol. The summed E-state index contributed by atoms with van der Waals surface area (Å²) in [4.78, 5) is 22.1. The van der Waals surface area contributed by atoms with E-state index in [0.717, 1.165) is 11.1 Å². The van der Waals surface area contributed by atoms with Crippen molar-refractivity contribution in [2.75, 3.05) is 42.0 Å². The van der Waals surface area contributed by atoms with Crippen LogP contribution < -0.4 is 58.3 Å². The largest absolute Gasteiger partial charge is 1.00 e. The number of aliphatic carboxylic acids is 1. The van der Waals surface area contributed by atoms with Gasteiger partial charge in [0.15, 0.2) is 23.0 Å². The molecule has 12 heteroatoms. The summed E-state index contributed by atoms with van der Waals surface area (Å²) >= 11 is 0. The Kier molecular flexibility index (Phi) is 11.6. The van der Waals surface area contributed by atoms with E-state index in [-0.39, 0.29) is 42.8 Å². The first-order valence-corrected chi connectivity index (χ1v) is 10.6. The van der Waals surface area contributed by atoms with Crippen molar-refractivity contribution < 1.29 is 82.1 Å². The van der Waals surface area contributed by atoms with Crippen LogP contribution in [0.3, 0.4) is 0 Å². The smallest absolute Gasteiger partial charge is 0.550 e. The molecule has 2 aromatic rings. The minimum Gasteiger partial charge on any atom is -0.550 e. The van der Waals surface area contributed by atoms with Crippen molar-refractivity contribution >= 4 is 11.9 Å². The average Bonchev–Trinajstić information content (AvgIpc) is 3.36. The zero-order chi connectivity index (χ0) is 25.4. The third kappa shape index (κ3) is 7.17. The molecule has 2 aromatic carbocycles. The Morgan fingerprint density at radius 2 is 1.42 bits per heavy atom. The van der Waals surface area contributed by atoms with Crippen molar-refractivity contribution in [1.82, 2.24) is 0 Å². The Hall–Kier alpha value is -2.70. The van der Waals surface area contributed by atoms with Crippen LogP contribution in [0.2, 0.25) is 0 Å². The molecule has 0 aliphatic carbocycles. The SMILES string of the molecule is COc1ccc(C2OCOC2c2cc(OC)c(OC)c(OC)c2)cc1OCOC(=O)CCC(=O)[O-].[Na+]. The first kappa shape index (κ1) is 29.5. The molecule has 0 saturated carbocycles. The maximum absolute atomic E-state index is 11.6. The summed E-state index contributed by atoms with van der Waals surface area (Å²) in [5.41, 5.74) is 1.47. The number of esters is 1. The monoisotopic (exact) mass is 514 g/mol. The molecule has 36 heavy (non-hydrogen) atoms. The zero-order valence-corrected chi connectivity index (χ0v) is 22.9. The third-order valence-electron chi connectivity index (χ3n) is 5.27. The molecule has 2 atom stereocenters. The van der Waals surface area contributed by atoms with Crippen molar-refractivity contribution in [3.63, 3.8) is 0 Å². The van der Waals surface area contributed by atoms with Gasteiger partial charge in [0.1, 0.15) is 19.0 Å². The molecule has 0 aromatic heterocycles. The van der Waals surface area contributed by atoms with E-state index >= 15 is 0 Å². The Labute approximate surface area is 230 Å². The number of benzene rings is 2. The molecular formula is C24H27NaO11. The van der Waals surface area contributed by atoms with Crippen LogP contribution >= 0.6 is 0 Å². The number of carbonyl (C=O) groups is 2. The Bertz CT molecular complexity index is 1020. The number of carboxylic acids is 1. The molecular weight excluding hydrogens is 487 g/mol. The van der Waals surface area contributed by atoms with Crippen LogP contribution in [-0.2, 0) is 23.8 Å². The molecule has 3 rings (SSSR count). The normalized spacial score (nSPS) is 16.4. The van der Waals surface area contributed by atoms with Crippen molar-refractivity contribution in [2.24, 2.45) is 0 Å². The van der Waals surface area contributed by atoms with Gasteiger partial charge in [0.05, 0.1) is 34.9 Å². The summed E-state index contributed by atoms with van der Waals surface area (Å²) in [6.07, 6.45) is -1.74.